The first kappa shape index (κ1) is 14.1. The van der Waals surface area contributed by atoms with Crippen LogP contribution in [0.2, 0.25) is 5.02 Å². The molecule has 2 unspecified atom stereocenters. The summed E-state index contributed by atoms with van der Waals surface area (Å²) < 4.78 is 26.0. The van der Waals surface area contributed by atoms with Gasteiger partial charge in [-0.25, -0.2) is 13.1 Å². The lowest BCUT2D eigenvalue weighted by Crippen LogP contribution is -2.35. The first-order chi connectivity index (χ1) is 8.45. The van der Waals surface area contributed by atoms with Gasteiger partial charge in [-0.1, -0.05) is 18.5 Å². The van der Waals surface area contributed by atoms with Gasteiger partial charge >= 0.3 is 0 Å². The fraction of sp³-hybridized carbons (Fsp3) is 0.455. The molecule has 0 fully saturated rings. The van der Waals surface area contributed by atoms with Crippen molar-refractivity contribution in [1.82, 2.24) is 4.72 Å². The number of sulfonamides is 1. The fourth-order valence-corrected chi connectivity index (χ4v) is 5.51. The van der Waals surface area contributed by atoms with Gasteiger partial charge in [-0.05, 0) is 23.8 Å². The Bertz CT molecular complexity index is 547. The molecule has 4 nitrogen and oxygen atoms in total. The summed E-state index contributed by atoms with van der Waals surface area (Å²) in [5.74, 6) is -0.125. The quantitative estimate of drug-likeness (QED) is 0.890. The lowest BCUT2D eigenvalue weighted by atomic mass is 10.0. The Balaban J connectivity index is 2.26. The summed E-state index contributed by atoms with van der Waals surface area (Å²) in [7, 11) is -3.44. The monoisotopic (exact) mass is 307 g/mol. The summed E-state index contributed by atoms with van der Waals surface area (Å²) in [5.41, 5.74) is 0.965. The number of rotatable bonds is 4. The van der Waals surface area contributed by atoms with Crippen LogP contribution in [-0.2, 0) is 10.0 Å². The average molecular weight is 308 g/mol. The molecule has 0 saturated heterocycles. The normalized spacial score (nSPS) is 23.1. The number of nitrogens with one attached hydrogen (secondary N) is 1. The van der Waals surface area contributed by atoms with Crippen molar-refractivity contribution in [2.75, 3.05) is 13.2 Å². The predicted octanol–water partition coefficient (Wildman–Crippen LogP) is 1.79. The van der Waals surface area contributed by atoms with Gasteiger partial charge in [0, 0.05) is 22.4 Å². The second kappa shape index (κ2) is 5.38. The molecule has 1 heterocycles. The molecule has 1 aromatic rings. The van der Waals surface area contributed by atoms with Gasteiger partial charge in [-0.15, -0.1) is 11.8 Å². The highest BCUT2D eigenvalue weighted by atomic mass is 35.5. The number of benzene rings is 1. The Labute approximate surface area is 116 Å². The summed E-state index contributed by atoms with van der Waals surface area (Å²) in [6.45, 7) is 1.71. The standard InChI is InChI=1S/C11H14ClNO3S2/c1-7-9-6-8(12)2-3-10(9)17-11(7)18(15,16)13-4-5-14/h2-3,6-7,11,13-14H,4-5H2,1H3. The van der Waals surface area contributed by atoms with Crippen molar-refractivity contribution in [1.29, 1.82) is 0 Å². The van der Waals surface area contributed by atoms with Crippen molar-refractivity contribution >= 4 is 33.4 Å². The van der Waals surface area contributed by atoms with Crippen molar-refractivity contribution in [3.63, 3.8) is 0 Å². The Morgan fingerprint density at radius 1 is 1.50 bits per heavy atom. The van der Waals surface area contributed by atoms with Crippen LogP contribution in [0.25, 0.3) is 0 Å². The van der Waals surface area contributed by atoms with Crippen LogP contribution in [0.5, 0.6) is 0 Å². The molecule has 0 radical (unpaired) electrons. The van der Waals surface area contributed by atoms with Crippen molar-refractivity contribution in [3.05, 3.63) is 28.8 Å². The maximum Gasteiger partial charge on any atom is 0.224 e. The Morgan fingerprint density at radius 3 is 2.89 bits per heavy atom. The minimum Gasteiger partial charge on any atom is -0.395 e. The van der Waals surface area contributed by atoms with Gasteiger partial charge in [0.15, 0.2) is 0 Å². The van der Waals surface area contributed by atoms with E-state index in [4.69, 9.17) is 16.7 Å². The summed E-state index contributed by atoms with van der Waals surface area (Å²) in [5, 5.41) is 9.31. The second-order valence-corrected chi connectivity index (χ2v) is 7.92. The predicted molar refractivity (Wildman–Crippen MR) is 73.5 cm³/mol. The van der Waals surface area contributed by atoms with Crippen LogP contribution in [0.3, 0.4) is 0 Å². The van der Waals surface area contributed by atoms with E-state index in [9.17, 15) is 8.42 Å². The first-order valence-corrected chi connectivity index (χ1v) is 8.31. The zero-order valence-electron chi connectivity index (χ0n) is 9.76. The summed E-state index contributed by atoms with van der Waals surface area (Å²) in [6, 6.07) is 5.42. The second-order valence-electron chi connectivity index (χ2n) is 4.12. The maximum atomic E-state index is 12.1. The molecule has 0 bridgehead atoms. The van der Waals surface area contributed by atoms with Gasteiger partial charge in [-0.3, -0.25) is 0 Å². The highest BCUT2D eigenvalue weighted by Gasteiger charge is 2.39. The molecule has 7 heteroatoms. The van der Waals surface area contributed by atoms with Crippen LogP contribution in [0.15, 0.2) is 23.1 Å². The SMILES string of the molecule is CC1c2cc(Cl)ccc2SC1S(=O)(=O)NCCO. The molecule has 0 amide bonds. The topological polar surface area (TPSA) is 66.4 Å². The Hall–Kier alpha value is -0.270. The van der Waals surface area contributed by atoms with Crippen molar-refractivity contribution in [3.8, 4) is 0 Å². The highest BCUT2D eigenvalue weighted by Crippen LogP contribution is 2.47. The molecule has 0 aromatic heterocycles. The van der Waals surface area contributed by atoms with Crippen molar-refractivity contribution in [2.45, 2.75) is 22.3 Å². The number of aliphatic hydroxyl groups is 1. The number of aliphatic hydroxyl groups excluding tert-OH is 1. The van der Waals surface area contributed by atoms with E-state index in [1.807, 2.05) is 19.1 Å². The minimum absolute atomic E-state index is 0.0449. The Kier molecular flexibility index (Phi) is 4.23. The van der Waals surface area contributed by atoms with E-state index in [0.717, 1.165) is 10.5 Å². The molecular formula is C11H14ClNO3S2. The van der Waals surface area contributed by atoms with E-state index >= 15 is 0 Å². The van der Waals surface area contributed by atoms with Crippen LogP contribution >= 0.6 is 23.4 Å². The van der Waals surface area contributed by atoms with Crippen LogP contribution in [0.4, 0.5) is 0 Å². The summed E-state index contributed by atoms with van der Waals surface area (Å²) in [6.07, 6.45) is 0. The van der Waals surface area contributed by atoms with E-state index in [-0.39, 0.29) is 19.1 Å². The zero-order chi connectivity index (χ0) is 13.3. The first-order valence-electron chi connectivity index (χ1n) is 5.51. The largest absolute Gasteiger partial charge is 0.395 e. The summed E-state index contributed by atoms with van der Waals surface area (Å²) in [4.78, 5) is 0.950. The lowest BCUT2D eigenvalue weighted by Gasteiger charge is -2.16. The molecule has 0 aliphatic carbocycles. The molecule has 2 rings (SSSR count). The van der Waals surface area contributed by atoms with Gasteiger partial charge in [0.05, 0.1) is 6.61 Å². The van der Waals surface area contributed by atoms with E-state index in [2.05, 4.69) is 4.72 Å². The molecule has 1 aliphatic rings. The van der Waals surface area contributed by atoms with Crippen molar-refractivity contribution in [2.24, 2.45) is 0 Å². The van der Waals surface area contributed by atoms with Crippen LogP contribution in [0, 0.1) is 0 Å². The highest BCUT2D eigenvalue weighted by molar-refractivity contribution is 8.13. The van der Waals surface area contributed by atoms with Gasteiger partial charge in [0.1, 0.15) is 4.58 Å². The third-order valence-corrected chi connectivity index (χ3v) is 7.01. The Morgan fingerprint density at radius 2 is 2.22 bits per heavy atom. The third-order valence-electron chi connectivity index (χ3n) is 2.83. The van der Waals surface area contributed by atoms with E-state index in [0.29, 0.717) is 5.02 Å². The minimum atomic E-state index is -3.44. The van der Waals surface area contributed by atoms with Crippen molar-refractivity contribution < 1.29 is 13.5 Å². The van der Waals surface area contributed by atoms with Gasteiger partial charge in [-0.2, -0.15) is 0 Å². The van der Waals surface area contributed by atoms with Gasteiger partial charge < -0.3 is 5.11 Å². The average Bonchev–Trinajstić information content (AvgIpc) is 2.65. The van der Waals surface area contributed by atoms with Gasteiger partial charge in [0.25, 0.3) is 0 Å². The zero-order valence-corrected chi connectivity index (χ0v) is 12.1. The molecule has 100 valence electrons. The molecule has 1 aliphatic heterocycles. The number of hydrogen-bond donors (Lipinski definition) is 2. The molecule has 2 N–H and O–H groups in total. The van der Waals surface area contributed by atoms with E-state index < -0.39 is 14.6 Å². The number of thioether (sulfide) groups is 1. The lowest BCUT2D eigenvalue weighted by molar-refractivity contribution is 0.301. The fourth-order valence-electron chi connectivity index (χ4n) is 1.96. The van der Waals surface area contributed by atoms with Crippen LogP contribution in [-0.4, -0.2) is 31.3 Å². The number of fused-ring (bicyclic) bond motifs is 1. The smallest absolute Gasteiger partial charge is 0.224 e. The number of hydrogen-bond acceptors (Lipinski definition) is 4. The van der Waals surface area contributed by atoms with E-state index in [1.165, 1.54) is 11.8 Å². The van der Waals surface area contributed by atoms with Crippen LogP contribution in [0.1, 0.15) is 18.4 Å². The number of halogens is 1. The maximum absolute atomic E-state index is 12.1. The van der Waals surface area contributed by atoms with E-state index in [1.54, 1.807) is 6.07 Å². The third kappa shape index (κ3) is 2.67. The molecule has 0 saturated carbocycles. The molecule has 0 spiro atoms. The molecular weight excluding hydrogens is 294 g/mol. The van der Waals surface area contributed by atoms with Gasteiger partial charge in [0.2, 0.25) is 10.0 Å². The molecule has 18 heavy (non-hydrogen) atoms. The van der Waals surface area contributed by atoms with Crippen LogP contribution < -0.4 is 4.72 Å². The molecule has 1 aromatic carbocycles. The molecule has 2 atom stereocenters. The summed E-state index contributed by atoms with van der Waals surface area (Å²) >= 11 is 7.25.